The molecule has 3 nitrogen and oxygen atoms in total. The van der Waals surface area contributed by atoms with Crippen LogP contribution in [-0.2, 0) is 4.79 Å². The van der Waals surface area contributed by atoms with Crippen molar-refractivity contribution < 1.29 is 9.90 Å². The maximum atomic E-state index is 10.8. The van der Waals surface area contributed by atoms with Crippen LogP contribution in [0.3, 0.4) is 0 Å². The lowest BCUT2D eigenvalue weighted by molar-refractivity contribution is -0.139. The van der Waals surface area contributed by atoms with Gasteiger partial charge in [-0.05, 0) is 30.9 Å². The fourth-order valence-corrected chi connectivity index (χ4v) is 2.33. The van der Waals surface area contributed by atoms with E-state index in [0.29, 0.717) is 0 Å². The summed E-state index contributed by atoms with van der Waals surface area (Å²) in [6.45, 7) is 4.85. The molecule has 0 heterocycles. The molecule has 0 saturated heterocycles. The van der Waals surface area contributed by atoms with Crippen molar-refractivity contribution in [3.63, 3.8) is 0 Å². The zero-order valence-electron chi connectivity index (χ0n) is 9.79. The Bertz CT molecular complexity index is 165. The zero-order chi connectivity index (χ0) is 11.5. The van der Waals surface area contributed by atoms with Gasteiger partial charge in [0, 0.05) is 0 Å². The fraction of sp³-hybridized carbons (Fsp3) is 0.909. The average molecular weight is 233 g/mol. The van der Waals surface area contributed by atoms with E-state index in [0.717, 1.165) is 24.5 Å². The molecule has 0 rings (SSSR count). The molecule has 0 aromatic carbocycles. The van der Waals surface area contributed by atoms with E-state index in [-0.39, 0.29) is 6.04 Å². The molecular weight excluding hydrogens is 210 g/mol. The van der Waals surface area contributed by atoms with Gasteiger partial charge in [0.2, 0.25) is 0 Å². The van der Waals surface area contributed by atoms with Crippen LogP contribution in [0.15, 0.2) is 0 Å². The second-order valence-corrected chi connectivity index (χ2v) is 4.78. The van der Waals surface area contributed by atoms with Gasteiger partial charge in [-0.2, -0.15) is 11.8 Å². The van der Waals surface area contributed by atoms with Gasteiger partial charge in [-0.1, -0.05) is 26.7 Å². The van der Waals surface area contributed by atoms with Gasteiger partial charge in [-0.3, -0.25) is 4.79 Å². The maximum Gasteiger partial charge on any atom is 0.320 e. The molecule has 0 fully saturated rings. The molecule has 0 aliphatic heterocycles. The van der Waals surface area contributed by atoms with E-state index in [2.05, 4.69) is 12.2 Å². The molecule has 1 atom stereocenters. The van der Waals surface area contributed by atoms with Crippen LogP contribution >= 0.6 is 11.8 Å². The van der Waals surface area contributed by atoms with E-state index in [1.54, 1.807) is 0 Å². The normalized spacial score (nSPS) is 12.7. The smallest absolute Gasteiger partial charge is 0.320 e. The minimum atomic E-state index is -0.731. The second-order valence-electron chi connectivity index (χ2n) is 3.56. The minimum Gasteiger partial charge on any atom is -0.480 e. The van der Waals surface area contributed by atoms with E-state index < -0.39 is 5.97 Å². The number of hydrogen-bond donors (Lipinski definition) is 2. The monoisotopic (exact) mass is 233 g/mol. The zero-order valence-corrected chi connectivity index (χ0v) is 10.6. The van der Waals surface area contributed by atoms with Crippen molar-refractivity contribution in [3.8, 4) is 0 Å². The van der Waals surface area contributed by atoms with Crippen LogP contribution in [0, 0.1) is 0 Å². The summed E-state index contributed by atoms with van der Waals surface area (Å²) >= 11 is 1.86. The summed E-state index contributed by atoms with van der Waals surface area (Å²) in [5.41, 5.74) is 0. The van der Waals surface area contributed by atoms with E-state index in [1.807, 2.05) is 18.7 Å². The summed E-state index contributed by atoms with van der Waals surface area (Å²) in [5.74, 6) is 1.37. The number of carboxylic acids is 1. The molecular formula is C11H23NO2S. The lowest BCUT2D eigenvalue weighted by atomic mass is 10.2. The summed E-state index contributed by atoms with van der Waals surface area (Å²) in [6, 6.07) is -0.367. The van der Waals surface area contributed by atoms with Gasteiger partial charge >= 0.3 is 5.97 Å². The van der Waals surface area contributed by atoms with E-state index in [1.165, 1.54) is 19.3 Å². The molecule has 1 unspecified atom stereocenters. The van der Waals surface area contributed by atoms with Crippen LogP contribution in [-0.4, -0.2) is 35.2 Å². The van der Waals surface area contributed by atoms with Crippen molar-refractivity contribution in [1.82, 2.24) is 5.32 Å². The largest absolute Gasteiger partial charge is 0.480 e. The Morgan fingerprint density at radius 3 is 2.60 bits per heavy atom. The Kier molecular flexibility index (Phi) is 10.2. The first-order chi connectivity index (χ1) is 7.22. The Morgan fingerprint density at radius 1 is 1.33 bits per heavy atom. The molecule has 2 N–H and O–H groups in total. The minimum absolute atomic E-state index is 0.367. The van der Waals surface area contributed by atoms with Crippen LogP contribution in [0.25, 0.3) is 0 Å². The molecule has 4 heteroatoms. The third kappa shape index (κ3) is 8.75. The van der Waals surface area contributed by atoms with Gasteiger partial charge < -0.3 is 10.4 Å². The fourth-order valence-electron chi connectivity index (χ4n) is 1.32. The Hall–Kier alpha value is -0.220. The van der Waals surface area contributed by atoms with Gasteiger partial charge in [-0.15, -0.1) is 0 Å². The van der Waals surface area contributed by atoms with Gasteiger partial charge in [0.05, 0.1) is 0 Å². The number of likely N-dealkylation sites (N-methyl/N-ethyl adjacent to an activating group) is 1. The molecule has 0 aromatic rings. The summed E-state index contributed by atoms with van der Waals surface area (Å²) < 4.78 is 0. The quantitative estimate of drug-likeness (QED) is 0.569. The van der Waals surface area contributed by atoms with Crippen LogP contribution in [0.2, 0.25) is 0 Å². The molecule has 0 aromatic heterocycles. The first-order valence-electron chi connectivity index (χ1n) is 5.76. The van der Waals surface area contributed by atoms with Crippen molar-refractivity contribution in [2.75, 3.05) is 18.1 Å². The van der Waals surface area contributed by atoms with E-state index in [4.69, 9.17) is 5.11 Å². The molecule has 0 saturated carbocycles. The molecule has 0 spiro atoms. The van der Waals surface area contributed by atoms with Crippen molar-refractivity contribution in [2.24, 2.45) is 0 Å². The molecule has 0 aliphatic rings. The van der Waals surface area contributed by atoms with Crippen molar-refractivity contribution >= 4 is 17.7 Å². The Labute approximate surface area is 97.0 Å². The maximum absolute atomic E-state index is 10.8. The third-order valence-electron chi connectivity index (χ3n) is 2.19. The van der Waals surface area contributed by atoms with Gasteiger partial charge in [0.1, 0.15) is 6.04 Å². The van der Waals surface area contributed by atoms with E-state index in [9.17, 15) is 4.79 Å². The molecule has 0 bridgehead atoms. The number of rotatable bonds is 10. The summed E-state index contributed by atoms with van der Waals surface area (Å²) in [5, 5.41) is 11.8. The first-order valence-corrected chi connectivity index (χ1v) is 6.91. The number of hydrogen-bond acceptors (Lipinski definition) is 3. The van der Waals surface area contributed by atoms with Gasteiger partial charge in [-0.25, -0.2) is 0 Å². The van der Waals surface area contributed by atoms with E-state index >= 15 is 0 Å². The van der Waals surface area contributed by atoms with Crippen molar-refractivity contribution in [1.29, 1.82) is 0 Å². The van der Waals surface area contributed by atoms with Crippen LogP contribution < -0.4 is 5.32 Å². The number of thioether (sulfide) groups is 1. The molecule has 0 aliphatic carbocycles. The predicted molar refractivity (Wildman–Crippen MR) is 66.6 cm³/mol. The Balaban J connectivity index is 3.41. The van der Waals surface area contributed by atoms with Crippen molar-refractivity contribution in [2.45, 2.75) is 45.6 Å². The van der Waals surface area contributed by atoms with Gasteiger partial charge in [0.25, 0.3) is 0 Å². The van der Waals surface area contributed by atoms with Crippen LogP contribution in [0.4, 0.5) is 0 Å². The highest BCUT2D eigenvalue weighted by Gasteiger charge is 2.14. The summed E-state index contributed by atoms with van der Waals surface area (Å²) in [6.07, 6.45) is 4.50. The molecule has 90 valence electrons. The Morgan fingerprint density at radius 2 is 2.07 bits per heavy atom. The van der Waals surface area contributed by atoms with Crippen LogP contribution in [0.5, 0.6) is 0 Å². The highest BCUT2D eigenvalue weighted by molar-refractivity contribution is 7.99. The topological polar surface area (TPSA) is 49.3 Å². The highest BCUT2D eigenvalue weighted by atomic mass is 32.2. The third-order valence-corrected chi connectivity index (χ3v) is 3.29. The van der Waals surface area contributed by atoms with Crippen LogP contribution in [0.1, 0.15) is 39.5 Å². The molecule has 15 heavy (non-hydrogen) atoms. The van der Waals surface area contributed by atoms with Gasteiger partial charge in [0.15, 0.2) is 0 Å². The lowest BCUT2D eigenvalue weighted by Crippen LogP contribution is -2.36. The highest BCUT2D eigenvalue weighted by Crippen LogP contribution is 2.09. The average Bonchev–Trinajstić information content (AvgIpc) is 2.21. The standard InChI is InChI=1S/C11H23NO2S/c1-3-5-6-8-15-9-7-10(11(13)14)12-4-2/h10,12H,3-9H2,1-2H3,(H,13,14). The number of carbonyl (C=O) groups is 1. The first kappa shape index (κ1) is 14.8. The SMILES string of the molecule is CCCCCSCCC(NCC)C(=O)O. The number of unbranched alkanes of at least 4 members (excludes halogenated alkanes) is 2. The van der Waals surface area contributed by atoms with Crippen molar-refractivity contribution in [3.05, 3.63) is 0 Å². The number of nitrogens with one attached hydrogen (secondary N) is 1. The summed E-state index contributed by atoms with van der Waals surface area (Å²) in [7, 11) is 0. The predicted octanol–water partition coefficient (Wildman–Crippen LogP) is 2.36. The lowest BCUT2D eigenvalue weighted by Gasteiger charge is -2.12. The second kappa shape index (κ2) is 10.3. The molecule has 0 radical (unpaired) electrons. The molecule has 0 amide bonds. The number of carboxylic acid groups (broad SMARTS) is 1. The number of aliphatic carboxylic acids is 1. The summed E-state index contributed by atoms with van der Waals surface area (Å²) in [4.78, 5) is 10.8.